The maximum atomic E-state index is 12.2. The fourth-order valence-electron chi connectivity index (χ4n) is 2.55. The van der Waals surface area contributed by atoms with Gasteiger partial charge in [0, 0.05) is 18.9 Å². The summed E-state index contributed by atoms with van der Waals surface area (Å²) in [4.78, 5) is 16.2. The van der Waals surface area contributed by atoms with Crippen LogP contribution in [0.4, 0.5) is 0 Å². The third kappa shape index (κ3) is 3.77. The first kappa shape index (κ1) is 14.0. The minimum Gasteiger partial charge on any atom is -0.351 e. The van der Waals surface area contributed by atoms with Crippen molar-refractivity contribution in [1.82, 2.24) is 15.6 Å². The van der Waals surface area contributed by atoms with E-state index < -0.39 is 0 Å². The maximum absolute atomic E-state index is 12.2. The zero-order chi connectivity index (χ0) is 13.7. The summed E-state index contributed by atoms with van der Waals surface area (Å²) in [6.07, 6.45) is 6.89. The first-order valence-corrected chi connectivity index (χ1v) is 7.11. The molecule has 2 heterocycles. The average molecular weight is 261 g/mol. The molecule has 1 amide bonds. The van der Waals surface area contributed by atoms with Gasteiger partial charge in [-0.05, 0) is 49.4 Å². The number of piperidine rings is 1. The Morgan fingerprint density at radius 3 is 3.16 bits per heavy atom. The Morgan fingerprint density at radius 2 is 2.42 bits per heavy atom. The molecule has 2 rings (SSSR count). The smallest absolute Gasteiger partial charge is 0.237 e. The Balaban J connectivity index is 1.86. The molecule has 0 bridgehead atoms. The highest BCUT2D eigenvalue weighted by Gasteiger charge is 2.25. The predicted molar refractivity (Wildman–Crippen MR) is 75.6 cm³/mol. The fraction of sp³-hybridized carbons (Fsp3) is 0.600. The molecule has 0 aliphatic carbocycles. The Labute approximate surface area is 115 Å². The molecule has 1 aliphatic rings. The molecule has 104 valence electrons. The van der Waals surface area contributed by atoms with Crippen molar-refractivity contribution in [2.45, 2.75) is 45.7 Å². The van der Waals surface area contributed by atoms with E-state index in [1.807, 2.05) is 19.2 Å². The number of pyridine rings is 1. The summed E-state index contributed by atoms with van der Waals surface area (Å²) in [5, 5.41) is 6.32. The van der Waals surface area contributed by atoms with Crippen molar-refractivity contribution >= 4 is 5.91 Å². The van der Waals surface area contributed by atoms with Crippen LogP contribution in [0.25, 0.3) is 0 Å². The minimum absolute atomic E-state index is 0.0318. The van der Waals surface area contributed by atoms with E-state index in [1.165, 1.54) is 12.0 Å². The highest BCUT2D eigenvalue weighted by atomic mass is 16.2. The molecule has 1 aromatic rings. The lowest BCUT2D eigenvalue weighted by Crippen LogP contribution is -2.48. The molecule has 1 aliphatic heterocycles. The number of aromatic nitrogens is 1. The summed E-state index contributed by atoms with van der Waals surface area (Å²) in [6, 6.07) is 1.93. The van der Waals surface area contributed by atoms with Crippen LogP contribution < -0.4 is 10.6 Å². The maximum Gasteiger partial charge on any atom is 0.237 e. The standard InChI is InChI=1S/C15H23N3O/c1-3-12-5-7-17-14(8-12)15(19)18-10-13-9-16-6-4-11(13)2/h4,6,9,12,14,17H,3,5,7-8,10H2,1-2H3,(H,18,19). The minimum atomic E-state index is -0.0318. The molecule has 4 nitrogen and oxygen atoms in total. The monoisotopic (exact) mass is 261 g/mol. The average Bonchev–Trinajstić information content (AvgIpc) is 2.46. The molecular formula is C15H23N3O. The van der Waals surface area contributed by atoms with Crippen LogP contribution in [0.1, 0.15) is 37.3 Å². The Bertz CT molecular complexity index is 433. The lowest BCUT2D eigenvalue weighted by atomic mass is 9.90. The van der Waals surface area contributed by atoms with Crippen molar-refractivity contribution in [3.05, 3.63) is 29.6 Å². The number of amides is 1. The molecule has 1 saturated heterocycles. The second-order valence-corrected chi connectivity index (χ2v) is 5.33. The van der Waals surface area contributed by atoms with E-state index in [9.17, 15) is 4.79 Å². The van der Waals surface area contributed by atoms with E-state index >= 15 is 0 Å². The van der Waals surface area contributed by atoms with Crippen LogP contribution >= 0.6 is 0 Å². The zero-order valence-corrected chi connectivity index (χ0v) is 11.8. The van der Waals surface area contributed by atoms with Crippen molar-refractivity contribution in [2.75, 3.05) is 6.54 Å². The molecule has 0 aromatic carbocycles. The third-order valence-electron chi connectivity index (χ3n) is 4.01. The lowest BCUT2D eigenvalue weighted by Gasteiger charge is -2.28. The van der Waals surface area contributed by atoms with E-state index in [-0.39, 0.29) is 11.9 Å². The third-order valence-corrected chi connectivity index (χ3v) is 4.01. The number of hydrogen-bond donors (Lipinski definition) is 2. The highest BCUT2D eigenvalue weighted by molar-refractivity contribution is 5.81. The summed E-state index contributed by atoms with van der Waals surface area (Å²) in [5.41, 5.74) is 2.25. The van der Waals surface area contributed by atoms with Gasteiger partial charge in [-0.25, -0.2) is 0 Å². The van der Waals surface area contributed by atoms with E-state index in [1.54, 1.807) is 6.20 Å². The summed E-state index contributed by atoms with van der Waals surface area (Å²) < 4.78 is 0. The number of nitrogens with zero attached hydrogens (tertiary/aromatic N) is 1. The molecule has 19 heavy (non-hydrogen) atoms. The van der Waals surface area contributed by atoms with Crippen molar-refractivity contribution in [2.24, 2.45) is 5.92 Å². The van der Waals surface area contributed by atoms with Crippen LogP contribution in [0, 0.1) is 12.8 Å². The number of aryl methyl sites for hydroxylation is 1. The van der Waals surface area contributed by atoms with E-state index in [2.05, 4.69) is 22.5 Å². The Morgan fingerprint density at radius 1 is 1.58 bits per heavy atom. The topological polar surface area (TPSA) is 54.0 Å². The molecule has 0 spiro atoms. The SMILES string of the molecule is CCC1CCNC(C(=O)NCc2cnccc2C)C1. The van der Waals surface area contributed by atoms with Gasteiger partial charge < -0.3 is 10.6 Å². The van der Waals surface area contributed by atoms with Gasteiger partial charge in [-0.15, -0.1) is 0 Å². The fourth-order valence-corrected chi connectivity index (χ4v) is 2.55. The summed E-state index contributed by atoms with van der Waals surface area (Å²) in [6.45, 7) is 5.75. The van der Waals surface area contributed by atoms with Crippen LogP contribution in [0.15, 0.2) is 18.5 Å². The molecular weight excluding hydrogens is 238 g/mol. The number of carbonyl (C=O) groups excluding carboxylic acids is 1. The number of rotatable bonds is 4. The van der Waals surface area contributed by atoms with Gasteiger partial charge in [0.05, 0.1) is 6.04 Å². The number of hydrogen-bond acceptors (Lipinski definition) is 3. The Hall–Kier alpha value is -1.42. The van der Waals surface area contributed by atoms with Crippen molar-refractivity contribution in [3.8, 4) is 0 Å². The molecule has 2 atom stereocenters. The van der Waals surface area contributed by atoms with Gasteiger partial charge in [-0.3, -0.25) is 9.78 Å². The van der Waals surface area contributed by atoms with Crippen molar-refractivity contribution in [3.63, 3.8) is 0 Å². The largest absolute Gasteiger partial charge is 0.351 e. The number of carbonyl (C=O) groups is 1. The second-order valence-electron chi connectivity index (χ2n) is 5.33. The van der Waals surface area contributed by atoms with Gasteiger partial charge in [0.15, 0.2) is 0 Å². The van der Waals surface area contributed by atoms with Crippen molar-refractivity contribution < 1.29 is 4.79 Å². The number of nitrogens with one attached hydrogen (secondary N) is 2. The van der Waals surface area contributed by atoms with Gasteiger partial charge in [0.2, 0.25) is 5.91 Å². The van der Waals surface area contributed by atoms with Gasteiger partial charge in [-0.2, -0.15) is 0 Å². The first-order chi connectivity index (χ1) is 9.20. The zero-order valence-electron chi connectivity index (χ0n) is 11.8. The Kier molecular flexibility index (Phi) is 4.91. The molecule has 4 heteroatoms. The van der Waals surface area contributed by atoms with E-state index in [0.29, 0.717) is 12.5 Å². The van der Waals surface area contributed by atoms with Crippen LogP contribution in [-0.4, -0.2) is 23.5 Å². The molecule has 1 fully saturated rings. The first-order valence-electron chi connectivity index (χ1n) is 7.11. The summed E-state index contributed by atoms with van der Waals surface area (Å²) >= 11 is 0. The molecule has 2 N–H and O–H groups in total. The van der Waals surface area contributed by atoms with E-state index in [0.717, 1.165) is 24.9 Å². The predicted octanol–water partition coefficient (Wildman–Crippen LogP) is 1.78. The van der Waals surface area contributed by atoms with Gasteiger partial charge in [0.1, 0.15) is 0 Å². The molecule has 1 aromatic heterocycles. The van der Waals surface area contributed by atoms with Crippen LogP contribution in [-0.2, 0) is 11.3 Å². The molecule has 2 unspecified atom stereocenters. The summed E-state index contributed by atoms with van der Waals surface area (Å²) in [7, 11) is 0. The van der Waals surface area contributed by atoms with Gasteiger partial charge in [0.25, 0.3) is 0 Å². The quantitative estimate of drug-likeness (QED) is 0.868. The molecule has 0 radical (unpaired) electrons. The normalized spacial score (nSPS) is 23.1. The lowest BCUT2D eigenvalue weighted by molar-refractivity contribution is -0.124. The van der Waals surface area contributed by atoms with Crippen LogP contribution in [0.3, 0.4) is 0 Å². The van der Waals surface area contributed by atoms with Crippen LogP contribution in [0.5, 0.6) is 0 Å². The second kappa shape index (κ2) is 6.66. The van der Waals surface area contributed by atoms with Gasteiger partial charge >= 0.3 is 0 Å². The van der Waals surface area contributed by atoms with Crippen molar-refractivity contribution in [1.29, 1.82) is 0 Å². The van der Waals surface area contributed by atoms with Crippen LogP contribution in [0.2, 0.25) is 0 Å². The van der Waals surface area contributed by atoms with Gasteiger partial charge in [-0.1, -0.05) is 13.3 Å². The van der Waals surface area contributed by atoms with E-state index in [4.69, 9.17) is 0 Å². The summed E-state index contributed by atoms with van der Waals surface area (Å²) in [5.74, 6) is 0.790. The highest BCUT2D eigenvalue weighted by Crippen LogP contribution is 2.19. The molecule has 0 saturated carbocycles.